The SMILES string of the molecule is [N-]=[N+]=NCCCCCCCCCCP(Br)(c1ccccc1)(c1ccccc1)c1ccccc1. The van der Waals surface area contributed by atoms with E-state index in [1.165, 1.54) is 54.4 Å². The second kappa shape index (κ2) is 12.9. The molecule has 0 unspecified atom stereocenters. The Kier molecular flexibility index (Phi) is 10.0. The van der Waals surface area contributed by atoms with Gasteiger partial charge < -0.3 is 0 Å². The monoisotopic (exact) mass is 523 g/mol. The number of rotatable bonds is 14. The molecule has 0 fully saturated rings. The van der Waals surface area contributed by atoms with E-state index in [0.29, 0.717) is 6.54 Å². The first-order valence-electron chi connectivity index (χ1n) is 12.1. The van der Waals surface area contributed by atoms with E-state index in [-0.39, 0.29) is 0 Å². The predicted molar refractivity (Wildman–Crippen MR) is 150 cm³/mol. The molecule has 3 rings (SSSR count). The third kappa shape index (κ3) is 6.27. The summed E-state index contributed by atoms with van der Waals surface area (Å²) < 4.78 is 0. The topological polar surface area (TPSA) is 48.8 Å². The van der Waals surface area contributed by atoms with Gasteiger partial charge in [-0.15, -0.1) is 0 Å². The van der Waals surface area contributed by atoms with Crippen molar-refractivity contribution >= 4 is 36.7 Å². The summed E-state index contributed by atoms with van der Waals surface area (Å²) in [5.41, 5.74) is 8.34. The third-order valence-corrected chi connectivity index (χ3v) is 16.6. The van der Waals surface area contributed by atoms with E-state index >= 15 is 0 Å². The molecule has 33 heavy (non-hydrogen) atoms. The molecule has 0 radical (unpaired) electrons. The first-order chi connectivity index (χ1) is 16.2. The van der Waals surface area contributed by atoms with Crippen LogP contribution in [0, 0.1) is 0 Å². The predicted octanol–water partition coefficient (Wildman–Crippen LogP) is 8.26. The average molecular weight is 524 g/mol. The van der Waals surface area contributed by atoms with Gasteiger partial charge in [-0.1, -0.05) is 0 Å². The number of benzene rings is 3. The van der Waals surface area contributed by atoms with Crippen LogP contribution >= 0.6 is 20.8 Å². The molecule has 0 saturated carbocycles. The molecule has 3 aromatic carbocycles. The van der Waals surface area contributed by atoms with Gasteiger partial charge in [-0.2, -0.15) is 0 Å². The first-order valence-corrected chi connectivity index (χ1v) is 16.5. The second-order valence-electron chi connectivity index (χ2n) is 8.70. The van der Waals surface area contributed by atoms with Gasteiger partial charge in [0.15, 0.2) is 0 Å². The Balaban J connectivity index is 1.74. The van der Waals surface area contributed by atoms with Crippen LogP contribution in [-0.4, -0.2) is 12.7 Å². The summed E-state index contributed by atoms with van der Waals surface area (Å²) in [6, 6.07) is 33.2. The van der Waals surface area contributed by atoms with Crippen LogP contribution in [0.2, 0.25) is 0 Å². The Labute approximate surface area is 206 Å². The summed E-state index contributed by atoms with van der Waals surface area (Å²) in [7, 11) is 0. The molecule has 0 spiro atoms. The van der Waals surface area contributed by atoms with E-state index in [4.69, 9.17) is 5.53 Å². The minimum absolute atomic E-state index is 0.632. The summed E-state index contributed by atoms with van der Waals surface area (Å²) >= 11 is 4.54. The summed E-state index contributed by atoms with van der Waals surface area (Å²) in [6.07, 6.45) is 10.8. The first kappa shape index (κ1) is 25.5. The van der Waals surface area contributed by atoms with Crippen molar-refractivity contribution in [3.8, 4) is 0 Å². The van der Waals surface area contributed by atoms with E-state index in [2.05, 4.69) is 117 Å². The third-order valence-electron chi connectivity index (χ3n) is 6.53. The molecular weight excluding hydrogens is 489 g/mol. The van der Waals surface area contributed by atoms with Gasteiger partial charge in [0, 0.05) is 0 Å². The number of azide groups is 1. The minimum atomic E-state index is -2.76. The number of nitrogens with zero attached hydrogens (tertiary/aromatic N) is 3. The van der Waals surface area contributed by atoms with E-state index < -0.39 is 5.31 Å². The van der Waals surface area contributed by atoms with Gasteiger partial charge in [-0.05, 0) is 5.53 Å². The molecule has 0 aliphatic rings. The quantitative estimate of drug-likeness (QED) is 0.0670. The molecule has 0 saturated heterocycles. The van der Waals surface area contributed by atoms with Gasteiger partial charge in [0.1, 0.15) is 0 Å². The van der Waals surface area contributed by atoms with Crippen molar-refractivity contribution in [1.82, 2.24) is 0 Å². The van der Waals surface area contributed by atoms with Gasteiger partial charge in [-0.25, -0.2) is 0 Å². The Morgan fingerprint density at radius 3 is 1.33 bits per heavy atom. The average Bonchev–Trinajstić information content (AvgIpc) is 2.89. The van der Waals surface area contributed by atoms with Gasteiger partial charge in [-0.3, -0.25) is 0 Å². The molecule has 0 aliphatic carbocycles. The summed E-state index contributed by atoms with van der Waals surface area (Å²) in [5.74, 6) is 0. The summed E-state index contributed by atoms with van der Waals surface area (Å²) in [6.45, 7) is 0.632. The Morgan fingerprint density at radius 1 is 0.576 bits per heavy atom. The molecule has 0 aromatic heterocycles. The van der Waals surface area contributed by atoms with Crippen LogP contribution in [0.1, 0.15) is 51.4 Å². The summed E-state index contributed by atoms with van der Waals surface area (Å²) in [4.78, 5) is 2.82. The van der Waals surface area contributed by atoms with Gasteiger partial charge >= 0.3 is 202 Å². The molecule has 0 heterocycles. The van der Waals surface area contributed by atoms with Crippen LogP contribution in [0.15, 0.2) is 96.1 Å². The number of halogens is 1. The number of hydrogen-bond donors (Lipinski definition) is 0. The normalized spacial score (nSPS) is 12.5. The van der Waals surface area contributed by atoms with E-state index in [1.807, 2.05) is 0 Å². The van der Waals surface area contributed by atoms with E-state index in [1.54, 1.807) is 0 Å². The number of unbranched alkanes of at least 4 members (excludes halogenated alkanes) is 7. The van der Waals surface area contributed by atoms with Crippen molar-refractivity contribution in [3.05, 3.63) is 101 Å². The maximum atomic E-state index is 8.34. The van der Waals surface area contributed by atoms with Crippen molar-refractivity contribution < 1.29 is 0 Å². The standard InChI is InChI=1S/C28H35BrN3P/c29-33(26-18-10-7-11-19-26,27-20-12-8-13-21-27,28-22-14-9-15-23-28)25-17-6-4-2-1-3-5-16-24-31-32-30/h7-15,18-23H,1-6,16-17,24-25H2. The zero-order valence-electron chi connectivity index (χ0n) is 19.4. The number of hydrogen-bond acceptors (Lipinski definition) is 1. The van der Waals surface area contributed by atoms with Gasteiger partial charge in [0.05, 0.1) is 0 Å². The Morgan fingerprint density at radius 2 is 0.939 bits per heavy atom. The van der Waals surface area contributed by atoms with Crippen LogP contribution < -0.4 is 15.9 Å². The molecule has 174 valence electrons. The van der Waals surface area contributed by atoms with Crippen molar-refractivity contribution in [1.29, 1.82) is 0 Å². The van der Waals surface area contributed by atoms with Crippen LogP contribution in [0.3, 0.4) is 0 Å². The summed E-state index contributed by atoms with van der Waals surface area (Å²) in [5, 5.41) is 5.07. The zero-order valence-corrected chi connectivity index (χ0v) is 21.9. The van der Waals surface area contributed by atoms with Crippen molar-refractivity contribution in [3.63, 3.8) is 0 Å². The second-order valence-corrected chi connectivity index (χ2v) is 17.8. The van der Waals surface area contributed by atoms with E-state index in [0.717, 1.165) is 19.0 Å². The molecule has 0 aliphatic heterocycles. The molecular formula is C28H35BrN3P. The van der Waals surface area contributed by atoms with Crippen LogP contribution in [0.4, 0.5) is 0 Å². The molecule has 3 aromatic rings. The fourth-order valence-electron chi connectivity index (χ4n) is 4.75. The van der Waals surface area contributed by atoms with Crippen molar-refractivity contribution in [2.75, 3.05) is 12.7 Å². The van der Waals surface area contributed by atoms with Crippen molar-refractivity contribution in [2.45, 2.75) is 51.4 Å². The molecule has 0 bridgehead atoms. The fraction of sp³-hybridized carbons (Fsp3) is 0.357. The molecule has 5 heteroatoms. The van der Waals surface area contributed by atoms with Crippen LogP contribution in [0.5, 0.6) is 0 Å². The maximum absolute atomic E-state index is 8.34. The van der Waals surface area contributed by atoms with Gasteiger partial charge in [0.25, 0.3) is 0 Å². The zero-order chi connectivity index (χ0) is 23.3. The van der Waals surface area contributed by atoms with Crippen LogP contribution in [0.25, 0.3) is 10.4 Å². The Hall–Kier alpha value is -2.12. The Bertz CT molecular complexity index is 906. The molecule has 3 nitrogen and oxygen atoms in total. The molecule has 0 atom stereocenters. The van der Waals surface area contributed by atoms with Crippen molar-refractivity contribution in [2.24, 2.45) is 5.11 Å². The molecule has 0 N–H and O–H groups in total. The molecule has 0 amide bonds. The van der Waals surface area contributed by atoms with Gasteiger partial charge in [0.2, 0.25) is 0 Å². The van der Waals surface area contributed by atoms with Crippen LogP contribution in [-0.2, 0) is 0 Å². The fourth-order valence-corrected chi connectivity index (χ4v) is 12.5. The van der Waals surface area contributed by atoms with E-state index in [9.17, 15) is 0 Å².